The molecule has 0 bridgehead atoms. The Morgan fingerprint density at radius 3 is 2.42 bits per heavy atom. The molecule has 2 aliphatic rings. The number of imide groups is 1. The normalized spacial score (nSPS) is 20.0. The quantitative estimate of drug-likeness (QED) is 0.800. The van der Waals surface area contributed by atoms with Gasteiger partial charge in [-0.2, -0.15) is 0 Å². The first-order valence-electron chi connectivity index (χ1n) is 9.38. The molecule has 6 nitrogen and oxygen atoms in total. The Balaban J connectivity index is 1.33. The second-order valence-corrected chi connectivity index (χ2v) is 8.91. The van der Waals surface area contributed by atoms with Crippen molar-refractivity contribution in [1.29, 1.82) is 0 Å². The average molecular weight is 399 g/mol. The fraction of sp³-hybridized carbons (Fsp3) is 0.667. The fourth-order valence-corrected chi connectivity index (χ4v) is 4.73. The number of nitrogens with zero attached hydrogens (tertiary/aromatic N) is 2. The van der Waals surface area contributed by atoms with Crippen LogP contribution in [0.15, 0.2) is 12.1 Å². The number of piperazine rings is 1. The highest BCUT2D eigenvalue weighted by Gasteiger charge is 2.21. The van der Waals surface area contributed by atoms with E-state index in [-0.39, 0.29) is 24.5 Å². The first-order chi connectivity index (χ1) is 12.6. The van der Waals surface area contributed by atoms with Gasteiger partial charge in [-0.1, -0.05) is 30.9 Å². The minimum absolute atomic E-state index is 0.214. The molecule has 1 aromatic rings. The third-order valence-corrected chi connectivity index (χ3v) is 6.25. The summed E-state index contributed by atoms with van der Waals surface area (Å²) in [7, 11) is 0. The Kier molecular flexibility index (Phi) is 7.31. The number of halogens is 1. The van der Waals surface area contributed by atoms with Crippen LogP contribution in [-0.4, -0.2) is 60.5 Å². The van der Waals surface area contributed by atoms with Crippen LogP contribution in [-0.2, 0) is 11.3 Å². The number of carbonyl (C=O) groups excluding carboxylic acids is 2. The third kappa shape index (κ3) is 6.23. The fourth-order valence-electron chi connectivity index (χ4n) is 3.60. The number of carbonyl (C=O) groups is 2. The predicted molar refractivity (Wildman–Crippen MR) is 105 cm³/mol. The zero-order valence-corrected chi connectivity index (χ0v) is 16.6. The lowest BCUT2D eigenvalue weighted by atomic mass is 9.96. The molecule has 0 aromatic carbocycles. The first kappa shape index (κ1) is 19.6. The number of urea groups is 1. The lowest BCUT2D eigenvalue weighted by Gasteiger charge is -2.34. The smallest absolute Gasteiger partial charge is 0.321 e. The van der Waals surface area contributed by atoms with Gasteiger partial charge in [-0.15, -0.1) is 11.3 Å². The molecule has 0 radical (unpaired) electrons. The highest BCUT2D eigenvalue weighted by Crippen LogP contribution is 2.23. The standard InChI is InChI=1S/C18H27ClN4O2S/c19-16-7-6-15(26-16)12-22-8-10-23(11-9-22)13-17(24)21-18(25)20-14-4-2-1-3-5-14/h6-7,14H,1-5,8-13H2,(H2,20,21,24,25). The van der Waals surface area contributed by atoms with Crippen LogP contribution in [0.3, 0.4) is 0 Å². The van der Waals surface area contributed by atoms with Crippen molar-refractivity contribution in [2.45, 2.75) is 44.7 Å². The SMILES string of the molecule is O=C(CN1CCN(Cc2ccc(Cl)s2)CC1)NC(=O)NC1CCCCC1. The summed E-state index contributed by atoms with van der Waals surface area (Å²) in [5.74, 6) is -0.225. The van der Waals surface area contributed by atoms with Crippen LogP contribution in [0.5, 0.6) is 0 Å². The molecule has 1 aromatic heterocycles. The molecule has 144 valence electrons. The van der Waals surface area contributed by atoms with E-state index < -0.39 is 0 Å². The summed E-state index contributed by atoms with van der Waals surface area (Å²) in [4.78, 5) is 29.8. The van der Waals surface area contributed by atoms with Gasteiger partial charge in [0.1, 0.15) is 0 Å². The van der Waals surface area contributed by atoms with Gasteiger partial charge in [-0.05, 0) is 25.0 Å². The molecule has 0 unspecified atom stereocenters. The molecule has 0 spiro atoms. The maximum Gasteiger partial charge on any atom is 0.321 e. The minimum Gasteiger partial charge on any atom is -0.335 e. The number of amides is 3. The predicted octanol–water partition coefficient (Wildman–Crippen LogP) is 2.68. The van der Waals surface area contributed by atoms with E-state index in [1.165, 1.54) is 11.3 Å². The van der Waals surface area contributed by atoms with Crippen molar-refractivity contribution in [3.63, 3.8) is 0 Å². The Hall–Kier alpha value is -1.15. The Labute approximate surface area is 163 Å². The highest BCUT2D eigenvalue weighted by atomic mass is 35.5. The molecule has 1 aliphatic heterocycles. The van der Waals surface area contributed by atoms with Crippen LogP contribution < -0.4 is 10.6 Å². The number of nitrogens with one attached hydrogen (secondary N) is 2. The second-order valence-electron chi connectivity index (χ2n) is 7.11. The van der Waals surface area contributed by atoms with Gasteiger partial charge in [-0.3, -0.25) is 19.9 Å². The topological polar surface area (TPSA) is 64.7 Å². The van der Waals surface area contributed by atoms with Crippen LogP contribution in [0.1, 0.15) is 37.0 Å². The van der Waals surface area contributed by atoms with E-state index in [9.17, 15) is 9.59 Å². The van der Waals surface area contributed by atoms with E-state index >= 15 is 0 Å². The lowest BCUT2D eigenvalue weighted by Crippen LogP contribution is -2.51. The molecule has 1 aliphatic carbocycles. The van der Waals surface area contributed by atoms with Crippen LogP contribution in [0.25, 0.3) is 0 Å². The van der Waals surface area contributed by atoms with Crippen molar-refractivity contribution < 1.29 is 9.59 Å². The molecule has 1 saturated carbocycles. The second kappa shape index (κ2) is 9.69. The van der Waals surface area contributed by atoms with Gasteiger partial charge >= 0.3 is 6.03 Å². The zero-order chi connectivity index (χ0) is 18.4. The van der Waals surface area contributed by atoms with Crippen molar-refractivity contribution in [2.24, 2.45) is 0 Å². The number of thiophene rings is 1. The largest absolute Gasteiger partial charge is 0.335 e. The summed E-state index contributed by atoms with van der Waals surface area (Å²) in [6.07, 6.45) is 5.57. The van der Waals surface area contributed by atoms with Crippen molar-refractivity contribution in [3.05, 3.63) is 21.3 Å². The average Bonchev–Trinajstić information content (AvgIpc) is 3.02. The number of hydrogen-bond acceptors (Lipinski definition) is 5. The summed E-state index contributed by atoms with van der Waals surface area (Å²) in [6, 6.07) is 3.86. The Morgan fingerprint density at radius 2 is 1.77 bits per heavy atom. The van der Waals surface area contributed by atoms with Crippen molar-refractivity contribution in [1.82, 2.24) is 20.4 Å². The third-order valence-electron chi connectivity index (χ3n) is 5.03. The molecule has 3 amide bonds. The van der Waals surface area contributed by atoms with Crippen molar-refractivity contribution in [2.75, 3.05) is 32.7 Å². The molecule has 2 N–H and O–H groups in total. The van der Waals surface area contributed by atoms with Crippen LogP contribution >= 0.6 is 22.9 Å². The summed E-state index contributed by atoms with van der Waals surface area (Å²) < 4.78 is 0.821. The van der Waals surface area contributed by atoms with Gasteiger partial charge in [0, 0.05) is 43.6 Å². The molecule has 2 fully saturated rings. The van der Waals surface area contributed by atoms with Crippen LogP contribution in [0.2, 0.25) is 4.34 Å². The number of hydrogen-bond donors (Lipinski definition) is 2. The molecule has 26 heavy (non-hydrogen) atoms. The van der Waals surface area contributed by atoms with Gasteiger partial charge in [-0.25, -0.2) is 4.79 Å². The van der Waals surface area contributed by atoms with E-state index in [1.807, 2.05) is 6.07 Å². The zero-order valence-electron chi connectivity index (χ0n) is 15.0. The maximum absolute atomic E-state index is 12.1. The molecular weight excluding hydrogens is 372 g/mol. The van der Waals surface area contributed by atoms with Crippen LogP contribution in [0, 0.1) is 0 Å². The molecular formula is C18H27ClN4O2S. The summed E-state index contributed by atoms with van der Waals surface area (Å²) in [5, 5.41) is 5.39. The van der Waals surface area contributed by atoms with Gasteiger partial charge < -0.3 is 5.32 Å². The minimum atomic E-state index is -0.352. The molecule has 8 heteroatoms. The Morgan fingerprint density at radius 1 is 1.08 bits per heavy atom. The van der Waals surface area contributed by atoms with E-state index in [0.717, 1.165) is 62.7 Å². The summed E-state index contributed by atoms with van der Waals surface area (Å²) in [5.41, 5.74) is 0. The van der Waals surface area contributed by atoms with Crippen LogP contribution in [0.4, 0.5) is 4.79 Å². The monoisotopic (exact) mass is 398 g/mol. The lowest BCUT2D eigenvalue weighted by molar-refractivity contribution is -0.121. The highest BCUT2D eigenvalue weighted by molar-refractivity contribution is 7.16. The van der Waals surface area contributed by atoms with Gasteiger partial charge in [0.2, 0.25) is 5.91 Å². The van der Waals surface area contributed by atoms with E-state index in [1.54, 1.807) is 11.3 Å². The molecule has 2 heterocycles. The maximum atomic E-state index is 12.1. The molecule has 1 saturated heterocycles. The molecule has 3 rings (SSSR count). The van der Waals surface area contributed by atoms with E-state index in [4.69, 9.17) is 11.6 Å². The number of rotatable bonds is 5. The molecule has 0 atom stereocenters. The first-order valence-corrected chi connectivity index (χ1v) is 10.6. The summed E-state index contributed by atoms with van der Waals surface area (Å²) in [6.45, 7) is 4.67. The van der Waals surface area contributed by atoms with Crippen molar-refractivity contribution >= 4 is 34.9 Å². The van der Waals surface area contributed by atoms with Gasteiger partial charge in [0.05, 0.1) is 10.9 Å². The van der Waals surface area contributed by atoms with E-state index in [0.29, 0.717) is 0 Å². The van der Waals surface area contributed by atoms with Gasteiger partial charge in [0.25, 0.3) is 0 Å². The van der Waals surface area contributed by atoms with E-state index in [2.05, 4.69) is 26.5 Å². The summed E-state index contributed by atoms with van der Waals surface area (Å²) >= 11 is 7.59. The Bertz CT molecular complexity index is 610. The van der Waals surface area contributed by atoms with Gasteiger partial charge in [0.15, 0.2) is 0 Å². The van der Waals surface area contributed by atoms with Crippen molar-refractivity contribution in [3.8, 4) is 0 Å².